The van der Waals surface area contributed by atoms with Crippen molar-refractivity contribution in [2.75, 3.05) is 19.7 Å². The molecule has 1 aromatic heterocycles. The molecule has 3 rings (SSSR count). The van der Waals surface area contributed by atoms with Crippen molar-refractivity contribution in [1.82, 2.24) is 20.8 Å². The van der Waals surface area contributed by atoms with Gasteiger partial charge in [0.15, 0.2) is 0 Å². The molecule has 1 fully saturated rings. The van der Waals surface area contributed by atoms with Gasteiger partial charge in [-0.2, -0.15) is 0 Å². The van der Waals surface area contributed by atoms with E-state index in [1.54, 1.807) is 0 Å². The zero-order valence-corrected chi connectivity index (χ0v) is 25.0. The lowest BCUT2D eigenvalue weighted by atomic mass is 9.95. The Morgan fingerprint density at radius 2 is 1.91 bits per heavy atom. The molecule has 0 aliphatic carbocycles. The Kier molecular flexibility index (Phi) is 12.7. The van der Waals surface area contributed by atoms with Crippen LogP contribution in [0.15, 0.2) is 18.2 Å². The van der Waals surface area contributed by atoms with Crippen molar-refractivity contribution in [1.29, 1.82) is 0 Å². The van der Waals surface area contributed by atoms with Gasteiger partial charge in [0, 0.05) is 24.2 Å². The molecule has 0 spiro atoms. The highest BCUT2D eigenvalue weighted by Crippen LogP contribution is 2.32. The molecule has 1 aliphatic heterocycles. The minimum atomic E-state index is -1.57. The lowest BCUT2D eigenvalue weighted by Gasteiger charge is -2.39. The fourth-order valence-electron chi connectivity index (χ4n) is 4.99. The lowest BCUT2D eigenvalue weighted by Crippen LogP contribution is -2.60. The van der Waals surface area contributed by atoms with Gasteiger partial charge in [0.25, 0.3) is 0 Å². The van der Waals surface area contributed by atoms with Crippen LogP contribution in [0.4, 0.5) is 4.79 Å². The van der Waals surface area contributed by atoms with Gasteiger partial charge in [-0.1, -0.05) is 32.0 Å². The molecular weight excluding hydrogens is 560 g/mol. The van der Waals surface area contributed by atoms with Gasteiger partial charge < -0.3 is 52.0 Å². The van der Waals surface area contributed by atoms with Gasteiger partial charge >= 0.3 is 6.03 Å². The topological polar surface area (TPSA) is 238 Å². The number of nitrogens with zero attached hydrogens (tertiary/aromatic N) is 1. The number of benzene rings is 1. The number of aliphatic hydroxyl groups excluding tert-OH is 4. The summed E-state index contributed by atoms with van der Waals surface area (Å²) in [5.41, 5.74) is 15.5. The second-order valence-electron chi connectivity index (χ2n) is 11.2. The Hall–Kier alpha value is -3.27. The molecule has 2 heterocycles. The molecule has 43 heavy (non-hydrogen) atoms. The number of ether oxygens (including phenoxy) is 2. The van der Waals surface area contributed by atoms with Gasteiger partial charge in [-0.25, -0.2) is 4.79 Å². The van der Waals surface area contributed by atoms with E-state index in [1.807, 2.05) is 39.0 Å². The number of H-pyrrole nitrogens is 1. The van der Waals surface area contributed by atoms with Crippen LogP contribution >= 0.6 is 0 Å². The average molecular weight is 607 g/mol. The normalized spacial score (nSPS) is 22.8. The van der Waals surface area contributed by atoms with Crippen LogP contribution < -0.4 is 26.8 Å². The van der Waals surface area contributed by atoms with E-state index in [-0.39, 0.29) is 11.8 Å². The number of nitrogens with one attached hydrogen (secondary N) is 3. The van der Waals surface area contributed by atoms with E-state index >= 15 is 0 Å². The van der Waals surface area contributed by atoms with E-state index < -0.39 is 55.3 Å². The molecule has 240 valence electrons. The van der Waals surface area contributed by atoms with Gasteiger partial charge in [0.05, 0.1) is 6.61 Å². The average Bonchev–Trinajstić information content (AvgIpc) is 3.36. The first kappa shape index (κ1) is 34.2. The van der Waals surface area contributed by atoms with Gasteiger partial charge in [0.2, 0.25) is 18.1 Å². The van der Waals surface area contributed by atoms with Crippen LogP contribution in [0, 0.1) is 6.92 Å². The molecule has 14 nitrogen and oxygen atoms in total. The summed E-state index contributed by atoms with van der Waals surface area (Å²) in [7, 11) is 0. The van der Waals surface area contributed by atoms with Crippen molar-refractivity contribution in [3.8, 4) is 5.88 Å². The predicted octanol–water partition coefficient (Wildman–Crippen LogP) is -0.564. The van der Waals surface area contributed by atoms with E-state index in [1.165, 1.54) is 0 Å². The lowest BCUT2D eigenvalue weighted by molar-refractivity contribution is -0.278. The third-order valence-corrected chi connectivity index (χ3v) is 7.58. The van der Waals surface area contributed by atoms with Crippen molar-refractivity contribution in [2.45, 2.75) is 95.5 Å². The summed E-state index contributed by atoms with van der Waals surface area (Å²) < 4.78 is 11.4. The van der Waals surface area contributed by atoms with Crippen molar-refractivity contribution in [3.05, 3.63) is 46.1 Å². The zero-order valence-electron chi connectivity index (χ0n) is 25.0. The van der Waals surface area contributed by atoms with Crippen LogP contribution in [0.5, 0.6) is 5.88 Å². The quantitative estimate of drug-likeness (QED) is 0.117. The molecule has 1 aromatic carbocycles. The summed E-state index contributed by atoms with van der Waals surface area (Å²) in [6.45, 7) is 6.28. The highest BCUT2D eigenvalue weighted by atomic mass is 16.7. The predicted molar refractivity (Wildman–Crippen MR) is 157 cm³/mol. The Labute approximate surface area is 251 Å². The van der Waals surface area contributed by atoms with Crippen LogP contribution in [0.2, 0.25) is 0 Å². The number of carbonyl (C=O) groups is 2. The van der Waals surface area contributed by atoms with Crippen LogP contribution in [-0.4, -0.2) is 99.0 Å². The first-order chi connectivity index (χ1) is 20.5. The van der Waals surface area contributed by atoms with Crippen LogP contribution in [0.1, 0.15) is 67.0 Å². The summed E-state index contributed by atoms with van der Waals surface area (Å²) in [5.74, 6) is -0.330. The number of primary amides is 1. The largest absolute Gasteiger partial charge is 0.443 e. The van der Waals surface area contributed by atoms with E-state index in [2.05, 4.69) is 20.8 Å². The van der Waals surface area contributed by atoms with Crippen LogP contribution in [-0.2, 0) is 22.4 Å². The van der Waals surface area contributed by atoms with Crippen molar-refractivity contribution in [2.24, 2.45) is 11.5 Å². The van der Waals surface area contributed by atoms with Crippen LogP contribution in [0.25, 0.3) is 0 Å². The number of aryl methyl sites for hydroxylation is 1. The van der Waals surface area contributed by atoms with Crippen molar-refractivity contribution >= 4 is 11.9 Å². The molecular formula is C29H46N6O8. The van der Waals surface area contributed by atoms with E-state index in [4.69, 9.17) is 20.9 Å². The number of aromatic nitrogens is 2. The molecule has 0 saturated carbocycles. The minimum Gasteiger partial charge on any atom is -0.443 e. The molecule has 11 N–H and O–H groups in total. The third-order valence-electron chi connectivity index (χ3n) is 7.58. The summed E-state index contributed by atoms with van der Waals surface area (Å²) in [5, 5.41) is 52.8. The Balaban J connectivity index is 1.64. The third kappa shape index (κ3) is 9.11. The summed E-state index contributed by atoms with van der Waals surface area (Å²) in [6, 6.07) is 4.77. The second kappa shape index (κ2) is 16.0. The zero-order chi connectivity index (χ0) is 31.7. The smallest absolute Gasteiger partial charge is 0.315 e. The van der Waals surface area contributed by atoms with Gasteiger partial charge in [-0.05, 0) is 61.8 Å². The number of hydrogen-bond acceptors (Lipinski definition) is 10. The van der Waals surface area contributed by atoms with E-state index in [9.17, 15) is 30.0 Å². The monoisotopic (exact) mass is 606 g/mol. The molecule has 2 aromatic rings. The standard InChI is InChI=1S/C29H46N6O8/c1-15(2)22-19(27(35-34-22)43-28-25(39)24(38)23(37)21(14-36)42-28)13-18-8-7-17(12-16(18)3)9-11-32-29(41)33-20(26(31)40)6-4-5-10-30/h7-8,12,15,20-21,23-25,28,36-39H,4-6,9-11,13-14,30H2,1-3H3,(H2,31,40)(H,34,35)(H2,32,33,41)/t20-,21?,23+,24?,25+,28?/m0/s1. The van der Waals surface area contributed by atoms with E-state index in [0.717, 1.165) is 34.4 Å². The number of rotatable bonds is 15. The number of urea groups is 1. The maximum atomic E-state index is 12.3. The number of aromatic amines is 1. The number of hydrogen-bond donors (Lipinski definition) is 9. The molecule has 3 unspecified atom stereocenters. The Bertz CT molecular complexity index is 1210. The fourth-order valence-corrected chi connectivity index (χ4v) is 4.99. The number of unbranched alkanes of at least 4 members (excludes halogenated alkanes) is 1. The summed E-state index contributed by atoms with van der Waals surface area (Å²) in [4.78, 5) is 23.9. The molecule has 1 aliphatic rings. The highest BCUT2D eigenvalue weighted by Gasteiger charge is 2.45. The molecule has 0 radical (unpaired) electrons. The summed E-state index contributed by atoms with van der Waals surface area (Å²) >= 11 is 0. The molecule has 0 bridgehead atoms. The minimum absolute atomic E-state index is 0.0706. The van der Waals surface area contributed by atoms with Crippen molar-refractivity contribution in [3.63, 3.8) is 0 Å². The van der Waals surface area contributed by atoms with Gasteiger partial charge in [-0.15, -0.1) is 5.10 Å². The fraction of sp³-hybridized carbons (Fsp3) is 0.621. The number of aliphatic hydroxyl groups is 4. The molecule has 3 amide bonds. The summed E-state index contributed by atoms with van der Waals surface area (Å²) in [6.07, 6.45) is -4.18. The van der Waals surface area contributed by atoms with Gasteiger partial charge in [-0.3, -0.25) is 9.89 Å². The molecule has 1 saturated heterocycles. The van der Waals surface area contributed by atoms with Gasteiger partial charge in [0.1, 0.15) is 30.5 Å². The first-order valence-corrected chi connectivity index (χ1v) is 14.6. The maximum absolute atomic E-state index is 12.3. The SMILES string of the molecule is Cc1cc(CCNC(=O)N[C@@H](CCCCN)C(N)=O)ccc1Cc1c(OC2OC(CO)[C@@H](O)C(O)[C@H]2O)n[nH]c1C(C)C. The Morgan fingerprint density at radius 1 is 1.16 bits per heavy atom. The molecule has 14 heteroatoms. The Morgan fingerprint density at radius 3 is 2.53 bits per heavy atom. The van der Waals surface area contributed by atoms with Crippen molar-refractivity contribution < 1.29 is 39.5 Å². The number of amides is 3. The first-order valence-electron chi connectivity index (χ1n) is 14.6. The van der Waals surface area contributed by atoms with Crippen LogP contribution in [0.3, 0.4) is 0 Å². The second-order valence-corrected chi connectivity index (χ2v) is 11.2. The molecule has 6 atom stereocenters. The van der Waals surface area contributed by atoms with E-state index in [0.29, 0.717) is 38.8 Å². The number of carbonyl (C=O) groups excluding carboxylic acids is 2. The number of nitrogens with two attached hydrogens (primary N) is 2. The highest BCUT2D eigenvalue weighted by molar-refractivity contribution is 5.85. The maximum Gasteiger partial charge on any atom is 0.315 e.